The average molecular weight is 728 g/mol. The molecule has 1 aliphatic rings. The Balaban J connectivity index is 1.44. The molecule has 282 valence electrons. The van der Waals surface area contributed by atoms with Crippen LogP contribution in [0, 0.1) is 5.92 Å². The zero-order valence-corrected chi connectivity index (χ0v) is 29.1. The Labute approximate surface area is 297 Å². The van der Waals surface area contributed by atoms with E-state index < -0.39 is 89.5 Å². The number of likely N-dealkylation sites (N-methyl/N-ethyl adjacent to an activating group) is 1. The van der Waals surface area contributed by atoms with Gasteiger partial charge in [-0.1, -0.05) is 32.0 Å². The number of rotatable bonds is 15. The van der Waals surface area contributed by atoms with Gasteiger partial charge in [0.2, 0.25) is 17.7 Å². The van der Waals surface area contributed by atoms with Crippen LogP contribution in [0.25, 0.3) is 10.9 Å². The van der Waals surface area contributed by atoms with E-state index in [2.05, 4.69) is 31.2 Å². The van der Waals surface area contributed by atoms with Gasteiger partial charge in [0, 0.05) is 55.8 Å². The van der Waals surface area contributed by atoms with Gasteiger partial charge >= 0.3 is 17.7 Å². The second-order valence-electron chi connectivity index (χ2n) is 12.9. The third kappa shape index (κ3) is 9.42. The first-order valence-corrected chi connectivity index (χ1v) is 16.6. The Hall–Kier alpha value is -5.53. The van der Waals surface area contributed by atoms with Crippen LogP contribution in [0.1, 0.15) is 39.0 Å². The lowest BCUT2D eigenvalue weighted by Crippen LogP contribution is -2.63. The van der Waals surface area contributed by atoms with E-state index in [1.165, 1.54) is 25.1 Å². The molecule has 19 nitrogen and oxygen atoms in total. The molecular formula is C33H45N9O10. The second kappa shape index (κ2) is 17.1. The van der Waals surface area contributed by atoms with Gasteiger partial charge < -0.3 is 51.8 Å². The quantitative estimate of drug-likeness (QED) is 0.0833. The van der Waals surface area contributed by atoms with E-state index >= 15 is 0 Å². The number of hydrogen-bond acceptors (Lipinski definition) is 10. The van der Waals surface area contributed by atoms with E-state index in [1.54, 1.807) is 20.0 Å². The van der Waals surface area contributed by atoms with E-state index in [4.69, 9.17) is 10.5 Å². The van der Waals surface area contributed by atoms with Gasteiger partial charge in [-0.25, -0.2) is 14.4 Å². The van der Waals surface area contributed by atoms with E-state index in [-0.39, 0.29) is 25.9 Å². The van der Waals surface area contributed by atoms with Crippen LogP contribution < -0.4 is 38.2 Å². The lowest BCUT2D eigenvalue weighted by molar-refractivity contribution is -0.139. The van der Waals surface area contributed by atoms with Crippen molar-refractivity contribution in [1.82, 2.24) is 40.7 Å². The van der Waals surface area contributed by atoms with Crippen LogP contribution in [0.2, 0.25) is 0 Å². The summed E-state index contributed by atoms with van der Waals surface area (Å²) in [7, 11) is 1.40. The van der Waals surface area contributed by atoms with Gasteiger partial charge in [0.1, 0.15) is 24.2 Å². The number of carboxylic acid groups (broad SMARTS) is 1. The number of aromatic nitrogens is 3. The van der Waals surface area contributed by atoms with E-state index in [0.29, 0.717) is 5.56 Å². The minimum absolute atomic E-state index is 0.0146. The highest BCUT2D eigenvalue weighted by Gasteiger charge is 2.38. The van der Waals surface area contributed by atoms with Crippen molar-refractivity contribution in [3.8, 4) is 0 Å². The molecule has 52 heavy (non-hydrogen) atoms. The normalized spacial score (nSPS) is 19.3. The molecule has 0 unspecified atom stereocenters. The maximum absolute atomic E-state index is 13.7. The molecule has 3 aromatic rings. The lowest BCUT2D eigenvalue weighted by atomic mass is 10.0. The van der Waals surface area contributed by atoms with Crippen molar-refractivity contribution >= 4 is 40.6 Å². The molecule has 1 fully saturated rings. The number of carbonyl (C=O) groups excluding carboxylic acids is 4. The number of nitrogens with zero attached hydrogens (tertiary/aromatic N) is 2. The number of aliphatic carboxylic acids is 1. The number of para-hydroxylation sites is 1. The first kappa shape index (κ1) is 39.3. The summed E-state index contributed by atoms with van der Waals surface area (Å²) in [5.74, 6) is -3.88. The predicted octanol–water partition coefficient (Wildman–Crippen LogP) is -1.91. The minimum atomic E-state index is -1.38. The second-order valence-corrected chi connectivity index (χ2v) is 12.9. The fraction of sp³-hybridized carbons (Fsp3) is 0.485. The van der Waals surface area contributed by atoms with E-state index in [9.17, 15) is 43.8 Å². The summed E-state index contributed by atoms with van der Waals surface area (Å²) in [4.78, 5) is 95.0. The summed E-state index contributed by atoms with van der Waals surface area (Å²) in [5.41, 5.74) is 5.58. The smallest absolute Gasteiger partial charge is 0.330 e. The molecule has 7 atom stereocenters. The molecule has 0 radical (unpaired) electrons. The van der Waals surface area contributed by atoms with Gasteiger partial charge in [-0.15, -0.1) is 0 Å². The van der Waals surface area contributed by atoms with E-state index in [0.717, 1.165) is 21.5 Å². The summed E-state index contributed by atoms with van der Waals surface area (Å²) in [6, 6.07) is 2.54. The molecule has 0 saturated carbocycles. The molecule has 3 heterocycles. The van der Waals surface area contributed by atoms with Crippen LogP contribution >= 0.6 is 0 Å². The van der Waals surface area contributed by atoms with Gasteiger partial charge in [-0.3, -0.25) is 28.7 Å². The molecule has 10 N–H and O–H groups in total. The van der Waals surface area contributed by atoms with Gasteiger partial charge in [0.05, 0.1) is 18.7 Å². The largest absolute Gasteiger partial charge is 0.480 e. The number of amides is 5. The van der Waals surface area contributed by atoms with Crippen molar-refractivity contribution in [2.75, 3.05) is 20.1 Å². The van der Waals surface area contributed by atoms with Crippen LogP contribution in [0.3, 0.4) is 0 Å². The number of fused-ring (bicyclic) bond motifs is 1. The van der Waals surface area contributed by atoms with Gasteiger partial charge in [0.25, 0.3) is 5.56 Å². The number of aliphatic hydroxyl groups is 1. The molecule has 2 aromatic heterocycles. The Morgan fingerprint density at radius 1 is 1.04 bits per heavy atom. The number of carboxylic acids is 1. The Bertz CT molecular complexity index is 1890. The maximum Gasteiger partial charge on any atom is 0.330 e. The summed E-state index contributed by atoms with van der Waals surface area (Å²) < 4.78 is 6.80. The van der Waals surface area contributed by atoms with Crippen molar-refractivity contribution in [2.24, 2.45) is 11.7 Å². The number of nitrogens with two attached hydrogens (primary N) is 1. The topological polar surface area (TPSA) is 283 Å². The minimum Gasteiger partial charge on any atom is -0.480 e. The lowest BCUT2D eigenvalue weighted by Gasteiger charge is -2.33. The SMILES string of the molecule is CC(C)[C@H](NC(=O)N[C@@H](Cc1c[nH]c2ccccc12)C(=O)O)C(=O)N[C@H](C(=O)NC[C@H]1C[C@@H](O)[C@H](n2ccc(=O)[nH]c2=O)O1)[C@H](C)N(C)C(=O)CN. The summed E-state index contributed by atoms with van der Waals surface area (Å²) in [6.45, 7) is 4.25. The molecule has 0 spiro atoms. The molecule has 1 aromatic carbocycles. The fourth-order valence-corrected chi connectivity index (χ4v) is 5.90. The predicted molar refractivity (Wildman–Crippen MR) is 186 cm³/mol. The highest BCUT2D eigenvalue weighted by Crippen LogP contribution is 2.27. The number of H-pyrrole nitrogens is 2. The summed E-state index contributed by atoms with van der Waals surface area (Å²) >= 11 is 0. The van der Waals surface area contributed by atoms with Gasteiger partial charge in [0.15, 0.2) is 6.23 Å². The van der Waals surface area contributed by atoms with Gasteiger partial charge in [-0.2, -0.15) is 0 Å². The standard InChI is InChI=1S/C33H45N9O10/c1-16(2)26(40-32(50)37-22(31(48)49)11-18-14-35-21-8-6-5-7-20(18)21)29(47)39-27(17(3)41(4)25(45)13-34)28(46)36-15-19-12-23(43)30(52-19)42-10-9-24(44)38-33(42)51/h5-10,14,16-17,19,22-23,26-27,30,35,43H,11-13,15,34H2,1-4H3,(H,36,46)(H,39,47)(H,48,49)(H2,37,40,50)(H,38,44,51)/t17-,19+,22-,23+,26-,27-,30+/m0/s1. The van der Waals surface area contributed by atoms with Gasteiger partial charge in [-0.05, 0) is 24.5 Å². The molecular weight excluding hydrogens is 682 g/mol. The Kier molecular flexibility index (Phi) is 12.9. The maximum atomic E-state index is 13.7. The molecule has 4 rings (SSSR count). The first-order chi connectivity index (χ1) is 24.6. The number of urea groups is 1. The number of benzene rings is 1. The third-order valence-corrected chi connectivity index (χ3v) is 8.97. The molecule has 0 aliphatic carbocycles. The zero-order chi connectivity index (χ0) is 38.3. The highest BCUT2D eigenvalue weighted by atomic mass is 16.5. The molecule has 0 bridgehead atoms. The first-order valence-electron chi connectivity index (χ1n) is 16.6. The molecule has 19 heteroatoms. The van der Waals surface area contributed by atoms with Crippen molar-refractivity contribution in [2.45, 2.75) is 76.2 Å². The number of hydrogen-bond donors (Lipinski definition) is 9. The Morgan fingerprint density at radius 2 is 1.75 bits per heavy atom. The van der Waals surface area contributed by atoms with Crippen molar-refractivity contribution < 1.29 is 38.9 Å². The number of ether oxygens (including phenoxy) is 1. The summed E-state index contributed by atoms with van der Waals surface area (Å²) in [5, 5.41) is 31.4. The zero-order valence-electron chi connectivity index (χ0n) is 29.1. The van der Waals surface area contributed by atoms with Crippen LogP contribution in [0.4, 0.5) is 4.79 Å². The fourth-order valence-electron chi connectivity index (χ4n) is 5.90. The van der Waals surface area contributed by atoms with E-state index in [1.807, 2.05) is 24.3 Å². The van der Waals surface area contributed by atoms with Crippen molar-refractivity contribution in [1.29, 1.82) is 0 Å². The number of aliphatic hydroxyl groups excluding tert-OH is 1. The number of carbonyl (C=O) groups is 5. The third-order valence-electron chi connectivity index (χ3n) is 8.97. The van der Waals surface area contributed by atoms with Crippen LogP contribution in [-0.2, 0) is 30.3 Å². The summed E-state index contributed by atoms with van der Waals surface area (Å²) in [6.07, 6.45) is -0.258. The molecule has 1 aliphatic heterocycles. The van der Waals surface area contributed by atoms with Crippen LogP contribution in [0.15, 0.2) is 52.3 Å². The average Bonchev–Trinajstić information content (AvgIpc) is 3.69. The Morgan fingerprint density at radius 3 is 2.40 bits per heavy atom. The van der Waals surface area contributed by atoms with Crippen LogP contribution in [-0.4, -0.2) is 116 Å². The monoisotopic (exact) mass is 727 g/mol. The molecule has 1 saturated heterocycles. The number of nitrogens with one attached hydrogen (secondary N) is 6. The van der Waals surface area contributed by atoms with Crippen molar-refractivity contribution in [3.63, 3.8) is 0 Å². The van der Waals surface area contributed by atoms with Crippen LogP contribution in [0.5, 0.6) is 0 Å². The highest BCUT2D eigenvalue weighted by molar-refractivity contribution is 5.93. The number of aromatic amines is 2. The molecule has 5 amide bonds. The van der Waals surface area contributed by atoms with Crippen molar-refractivity contribution in [3.05, 3.63) is 69.1 Å².